The van der Waals surface area contributed by atoms with E-state index in [-0.39, 0.29) is 20.7 Å². The van der Waals surface area contributed by atoms with Crippen LogP contribution in [0.15, 0.2) is 17.0 Å². The van der Waals surface area contributed by atoms with Crippen LogP contribution < -0.4 is 4.74 Å². The maximum atomic E-state index is 11.2. The summed E-state index contributed by atoms with van der Waals surface area (Å²) >= 11 is 11.7. The lowest BCUT2D eigenvalue weighted by Gasteiger charge is -2.13. The van der Waals surface area contributed by atoms with Crippen LogP contribution in [0, 0.1) is 11.3 Å². The van der Waals surface area contributed by atoms with E-state index in [0.29, 0.717) is 6.42 Å². The first-order valence-electron chi connectivity index (χ1n) is 4.80. The normalized spacial score (nSPS) is 12.8. The highest BCUT2D eigenvalue weighted by molar-refractivity contribution is 8.13. The molecule has 1 unspecified atom stereocenters. The average Bonchev–Trinajstić information content (AvgIpc) is 2.29. The topological polar surface area (TPSA) is 67.2 Å². The van der Waals surface area contributed by atoms with E-state index >= 15 is 0 Å². The molecule has 1 aromatic rings. The fourth-order valence-corrected chi connectivity index (χ4v) is 2.92. The van der Waals surface area contributed by atoms with Gasteiger partial charge in [-0.3, -0.25) is 0 Å². The Morgan fingerprint density at radius 1 is 1.39 bits per heavy atom. The predicted molar refractivity (Wildman–Crippen MR) is 69.8 cm³/mol. The summed E-state index contributed by atoms with van der Waals surface area (Å²) in [6, 6.07) is 4.41. The van der Waals surface area contributed by atoms with Crippen molar-refractivity contribution >= 4 is 42.9 Å². The Bertz CT molecular complexity index is 595. The third-order valence-corrected chi connectivity index (χ3v) is 4.40. The van der Waals surface area contributed by atoms with Crippen LogP contribution in [0.25, 0.3) is 0 Å². The number of ether oxygens (including phenoxy) is 1. The standard InChI is InChI=1S/C10H8Cl3NO3S/c1-2-6(5-14)17-7-3-4-8(18(13,15)16)10(12)9(7)11/h3-4,6H,2H2,1H3. The Morgan fingerprint density at radius 2 is 2.00 bits per heavy atom. The Kier molecular flexibility index (Phi) is 5.11. The van der Waals surface area contributed by atoms with Crippen LogP contribution in [0.5, 0.6) is 5.75 Å². The molecular formula is C10H8Cl3NO3S. The second-order valence-corrected chi connectivity index (χ2v) is 6.56. The van der Waals surface area contributed by atoms with E-state index in [0.717, 1.165) is 0 Å². The van der Waals surface area contributed by atoms with Crippen molar-refractivity contribution in [3.8, 4) is 11.8 Å². The number of rotatable bonds is 4. The Hall–Kier alpha value is -0.670. The molecule has 0 saturated carbocycles. The van der Waals surface area contributed by atoms with Gasteiger partial charge in [0.1, 0.15) is 21.7 Å². The molecule has 0 bridgehead atoms. The van der Waals surface area contributed by atoms with E-state index in [2.05, 4.69) is 0 Å². The summed E-state index contributed by atoms with van der Waals surface area (Å²) in [7, 11) is 1.21. The van der Waals surface area contributed by atoms with Gasteiger partial charge in [0.25, 0.3) is 9.05 Å². The van der Waals surface area contributed by atoms with Crippen LogP contribution in [0.1, 0.15) is 13.3 Å². The second kappa shape index (κ2) is 5.98. The predicted octanol–water partition coefficient (Wildman–Crippen LogP) is 3.60. The van der Waals surface area contributed by atoms with Crippen LogP contribution in [-0.4, -0.2) is 14.5 Å². The van der Waals surface area contributed by atoms with Crippen LogP contribution in [-0.2, 0) is 9.05 Å². The van der Waals surface area contributed by atoms with E-state index in [9.17, 15) is 8.42 Å². The van der Waals surface area contributed by atoms with Crippen molar-refractivity contribution in [3.63, 3.8) is 0 Å². The van der Waals surface area contributed by atoms with Gasteiger partial charge in [-0.25, -0.2) is 8.42 Å². The maximum absolute atomic E-state index is 11.2. The zero-order chi connectivity index (χ0) is 13.9. The molecule has 1 rings (SSSR count). The minimum atomic E-state index is -3.98. The molecule has 0 aromatic heterocycles. The smallest absolute Gasteiger partial charge is 0.262 e. The van der Waals surface area contributed by atoms with E-state index < -0.39 is 15.2 Å². The Morgan fingerprint density at radius 3 is 2.44 bits per heavy atom. The van der Waals surface area contributed by atoms with Crippen molar-refractivity contribution in [2.75, 3.05) is 0 Å². The van der Waals surface area contributed by atoms with Crippen LogP contribution in [0.4, 0.5) is 0 Å². The zero-order valence-electron chi connectivity index (χ0n) is 9.15. The highest BCUT2D eigenvalue weighted by atomic mass is 35.7. The maximum Gasteiger partial charge on any atom is 0.262 e. The van der Waals surface area contributed by atoms with Gasteiger partial charge in [-0.15, -0.1) is 0 Å². The first-order valence-corrected chi connectivity index (χ1v) is 7.86. The summed E-state index contributed by atoms with van der Waals surface area (Å²) in [6.45, 7) is 1.76. The third-order valence-electron chi connectivity index (χ3n) is 2.06. The summed E-state index contributed by atoms with van der Waals surface area (Å²) < 4.78 is 27.6. The van der Waals surface area contributed by atoms with Gasteiger partial charge in [-0.1, -0.05) is 30.1 Å². The van der Waals surface area contributed by atoms with Crippen LogP contribution >= 0.6 is 33.9 Å². The summed E-state index contributed by atoms with van der Waals surface area (Å²) in [5.74, 6) is 0.138. The Labute approximate surface area is 119 Å². The van der Waals surface area contributed by atoms with E-state index in [1.165, 1.54) is 12.1 Å². The lowest BCUT2D eigenvalue weighted by molar-refractivity contribution is 0.252. The molecule has 1 aromatic carbocycles. The number of hydrogen-bond acceptors (Lipinski definition) is 4. The van der Waals surface area contributed by atoms with Crippen molar-refractivity contribution in [1.29, 1.82) is 5.26 Å². The molecule has 0 aliphatic rings. The molecule has 8 heteroatoms. The molecule has 4 nitrogen and oxygen atoms in total. The van der Waals surface area contributed by atoms with E-state index in [4.69, 9.17) is 43.9 Å². The van der Waals surface area contributed by atoms with Crippen molar-refractivity contribution in [2.45, 2.75) is 24.3 Å². The summed E-state index contributed by atoms with van der Waals surface area (Å²) in [5.41, 5.74) is 0. The van der Waals surface area contributed by atoms with Gasteiger partial charge < -0.3 is 4.74 Å². The minimum Gasteiger partial charge on any atom is -0.474 e. The van der Waals surface area contributed by atoms with Gasteiger partial charge in [0, 0.05) is 10.7 Å². The largest absolute Gasteiger partial charge is 0.474 e. The molecule has 0 spiro atoms. The lowest BCUT2D eigenvalue weighted by Crippen LogP contribution is -2.12. The SMILES string of the molecule is CCC(C#N)Oc1ccc(S(=O)(=O)Cl)c(Cl)c1Cl. The number of halogens is 3. The van der Waals surface area contributed by atoms with E-state index in [1.54, 1.807) is 6.92 Å². The van der Waals surface area contributed by atoms with Crippen LogP contribution in [0.3, 0.4) is 0 Å². The fraction of sp³-hybridized carbons (Fsp3) is 0.300. The first-order chi connectivity index (χ1) is 8.31. The van der Waals surface area contributed by atoms with Crippen molar-refractivity contribution in [3.05, 3.63) is 22.2 Å². The highest BCUT2D eigenvalue weighted by Gasteiger charge is 2.21. The molecule has 98 valence electrons. The monoisotopic (exact) mass is 327 g/mol. The van der Waals surface area contributed by atoms with E-state index in [1.807, 2.05) is 6.07 Å². The molecule has 18 heavy (non-hydrogen) atoms. The van der Waals surface area contributed by atoms with Gasteiger partial charge in [-0.2, -0.15) is 5.26 Å². The molecule has 0 aliphatic carbocycles. The number of hydrogen-bond donors (Lipinski definition) is 0. The molecule has 0 fully saturated rings. The summed E-state index contributed by atoms with van der Waals surface area (Å²) in [6.07, 6.45) is -0.225. The number of benzene rings is 1. The van der Waals surface area contributed by atoms with Gasteiger partial charge in [0.2, 0.25) is 0 Å². The number of nitrogens with zero attached hydrogens (tertiary/aromatic N) is 1. The second-order valence-electron chi connectivity index (χ2n) is 3.27. The average molecular weight is 329 g/mol. The van der Waals surface area contributed by atoms with Gasteiger partial charge in [-0.05, 0) is 18.6 Å². The number of nitriles is 1. The van der Waals surface area contributed by atoms with Gasteiger partial charge >= 0.3 is 0 Å². The first kappa shape index (κ1) is 15.4. The van der Waals surface area contributed by atoms with Gasteiger partial charge in [0.05, 0.1) is 5.02 Å². The van der Waals surface area contributed by atoms with Crippen molar-refractivity contribution in [2.24, 2.45) is 0 Å². The molecule has 0 heterocycles. The molecule has 0 aliphatic heterocycles. The molecule has 0 saturated heterocycles. The zero-order valence-corrected chi connectivity index (χ0v) is 12.2. The summed E-state index contributed by atoms with van der Waals surface area (Å²) in [5, 5.41) is 8.45. The molecule has 0 amide bonds. The molecule has 1 atom stereocenters. The fourth-order valence-electron chi connectivity index (χ4n) is 1.15. The van der Waals surface area contributed by atoms with Crippen LogP contribution in [0.2, 0.25) is 10.0 Å². The lowest BCUT2D eigenvalue weighted by atomic mass is 10.3. The minimum absolute atomic E-state index is 0.0907. The van der Waals surface area contributed by atoms with Crippen molar-refractivity contribution in [1.82, 2.24) is 0 Å². The quantitative estimate of drug-likeness (QED) is 0.792. The Balaban J connectivity index is 3.22. The highest BCUT2D eigenvalue weighted by Crippen LogP contribution is 2.38. The summed E-state index contributed by atoms with van der Waals surface area (Å²) in [4.78, 5) is -0.298. The molecular weight excluding hydrogens is 321 g/mol. The molecule has 0 radical (unpaired) electrons. The van der Waals surface area contributed by atoms with Gasteiger partial charge in [0.15, 0.2) is 6.10 Å². The third kappa shape index (κ3) is 3.42. The molecule has 0 N–H and O–H groups in total. The van der Waals surface area contributed by atoms with Crippen molar-refractivity contribution < 1.29 is 13.2 Å².